The van der Waals surface area contributed by atoms with E-state index in [0.717, 1.165) is 12.0 Å². The van der Waals surface area contributed by atoms with Gasteiger partial charge in [0, 0.05) is 0 Å². The summed E-state index contributed by atoms with van der Waals surface area (Å²) in [5.41, 5.74) is 2.01. The van der Waals surface area contributed by atoms with E-state index in [2.05, 4.69) is 0 Å². The van der Waals surface area contributed by atoms with Crippen molar-refractivity contribution in [3.63, 3.8) is 0 Å². The lowest BCUT2D eigenvalue weighted by Gasteiger charge is -2.17. The maximum absolute atomic E-state index is 12.0. The first-order valence-corrected chi connectivity index (χ1v) is 7.18. The van der Waals surface area contributed by atoms with Gasteiger partial charge >= 0.3 is 5.97 Å². The number of hydrogen-bond acceptors (Lipinski definition) is 3. The summed E-state index contributed by atoms with van der Waals surface area (Å²) in [7, 11) is 0. The first-order chi connectivity index (χ1) is 10.3. The van der Waals surface area contributed by atoms with E-state index < -0.39 is 6.10 Å². The monoisotopic (exact) mass is 284 g/mol. The first kappa shape index (κ1) is 15.3. The summed E-state index contributed by atoms with van der Waals surface area (Å²) in [5.74, 6) is -0.336. The van der Waals surface area contributed by atoms with Gasteiger partial charge in [-0.15, -0.1) is 0 Å². The lowest BCUT2D eigenvalue weighted by atomic mass is 10.1. The quantitative estimate of drug-likeness (QED) is 0.729. The molecule has 0 bridgehead atoms. The second-order valence-electron chi connectivity index (χ2n) is 4.65. The molecule has 2 aromatic rings. The van der Waals surface area contributed by atoms with Crippen LogP contribution >= 0.6 is 0 Å². The summed E-state index contributed by atoms with van der Waals surface area (Å²) in [6.45, 7) is 2.62. The molecular formula is C18H20O3. The summed E-state index contributed by atoms with van der Waals surface area (Å²) in [4.78, 5) is 12.0. The molecule has 2 aromatic carbocycles. The van der Waals surface area contributed by atoms with Gasteiger partial charge in [-0.3, -0.25) is 0 Å². The van der Waals surface area contributed by atoms with Crippen LogP contribution in [0.5, 0.6) is 0 Å². The molecule has 0 spiro atoms. The minimum absolute atomic E-state index is 0.336. The molecular weight excluding hydrogens is 264 g/mol. The molecule has 2 rings (SSSR count). The highest BCUT2D eigenvalue weighted by atomic mass is 16.6. The fourth-order valence-electron chi connectivity index (χ4n) is 2.09. The minimum Gasteiger partial charge on any atom is -0.464 e. The maximum atomic E-state index is 12.0. The van der Waals surface area contributed by atoms with E-state index in [-0.39, 0.29) is 5.97 Å². The summed E-state index contributed by atoms with van der Waals surface area (Å²) in [5, 5.41) is 0. The molecule has 3 nitrogen and oxygen atoms in total. The van der Waals surface area contributed by atoms with Crippen LogP contribution in [0.3, 0.4) is 0 Å². The van der Waals surface area contributed by atoms with Crippen LogP contribution in [0.15, 0.2) is 60.7 Å². The maximum Gasteiger partial charge on any atom is 0.339 e. The third-order valence-corrected chi connectivity index (χ3v) is 3.12. The van der Waals surface area contributed by atoms with E-state index in [1.807, 2.05) is 60.7 Å². The fourth-order valence-corrected chi connectivity index (χ4v) is 2.09. The van der Waals surface area contributed by atoms with E-state index in [1.165, 1.54) is 5.56 Å². The second-order valence-corrected chi connectivity index (χ2v) is 4.65. The summed E-state index contributed by atoms with van der Waals surface area (Å²) in [6.07, 6.45) is 0.110. The second kappa shape index (κ2) is 8.22. The fraction of sp³-hybridized carbons (Fsp3) is 0.278. The van der Waals surface area contributed by atoms with Crippen molar-refractivity contribution in [2.45, 2.75) is 19.4 Å². The zero-order valence-corrected chi connectivity index (χ0v) is 12.2. The van der Waals surface area contributed by atoms with Gasteiger partial charge in [0.2, 0.25) is 0 Å². The third kappa shape index (κ3) is 4.72. The zero-order valence-electron chi connectivity index (χ0n) is 12.2. The predicted octanol–water partition coefficient (Wildman–Crippen LogP) is 3.55. The molecule has 0 aliphatic carbocycles. The Bertz CT molecular complexity index is 537. The highest BCUT2D eigenvalue weighted by Crippen LogP contribution is 2.19. The van der Waals surface area contributed by atoms with E-state index >= 15 is 0 Å². The average molecular weight is 284 g/mol. The number of ether oxygens (including phenoxy) is 2. The lowest BCUT2D eigenvalue weighted by Crippen LogP contribution is -2.20. The van der Waals surface area contributed by atoms with E-state index in [9.17, 15) is 4.79 Å². The van der Waals surface area contributed by atoms with Crippen LogP contribution in [-0.4, -0.2) is 19.2 Å². The highest BCUT2D eigenvalue weighted by Gasteiger charge is 2.22. The van der Waals surface area contributed by atoms with Crippen molar-refractivity contribution >= 4 is 5.97 Å². The molecule has 0 aromatic heterocycles. The summed E-state index contributed by atoms with van der Waals surface area (Å²) < 4.78 is 10.9. The lowest BCUT2D eigenvalue weighted by molar-refractivity contribution is -0.157. The molecule has 0 amide bonds. The van der Waals surface area contributed by atoms with Gasteiger partial charge in [0.05, 0.1) is 13.2 Å². The minimum atomic E-state index is -0.658. The Labute approximate surface area is 125 Å². The smallest absolute Gasteiger partial charge is 0.339 e. The van der Waals surface area contributed by atoms with Gasteiger partial charge < -0.3 is 9.47 Å². The van der Waals surface area contributed by atoms with Crippen LogP contribution in [-0.2, 0) is 20.7 Å². The molecule has 0 N–H and O–H groups in total. The molecule has 0 fully saturated rings. The van der Waals surface area contributed by atoms with E-state index in [0.29, 0.717) is 13.2 Å². The SMILES string of the molecule is CCOC(=O)C(OCCc1ccccc1)c1ccccc1. The van der Waals surface area contributed by atoms with Crippen molar-refractivity contribution in [1.29, 1.82) is 0 Å². The van der Waals surface area contributed by atoms with Crippen LogP contribution in [0.2, 0.25) is 0 Å². The molecule has 0 aliphatic heterocycles. The molecule has 0 radical (unpaired) electrons. The predicted molar refractivity (Wildman–Crippen MR) is 81.9 cm³/mol. The van der Waals surface area contributed by atoms with Crippen molar-refractivity contribution in [1.82, 2.24) is 0 Å². The van der Waals surface area contributed by atoms with Crippen molar-refractivity contribution in [2.24, 2.45) is 0 Å². The van der Waals surface area contributed by atoms with Crippen molar-refractivity contribution < 1.29 is 14.3 Å². The summed E-state index contributed by atoms with van der Waals surface area (Å²) in [6, 6.07) is 19.5. The Hall–Kier alpha value is -2.13. The van der Waals surface area contributed by atoms with E-state index in [4.69, 9.17) is 9.47 Å². The number of carbonyl (C=O) groups excluding carboxylic acids is 1. The molecule has 3 heteroatoms. The molecule has 110 valence electrons. The molecule has 21 heavy (non-hydrogen) atoms. The molecule has 0 aliphatic rings. The number of benzene rings is 2. The van der Waals surface area contributed by atoms with Gasteiger partial charge in [0.1, 0.15) is 0 Å². The Balaban J connectivity index is 1.98. The molecule has 0 heterocycles. The molecule has 0 saturated heterocycles. The van der Waals surface area contributed by atoms with Crippen molar-refractivity contribution in [2.75, 3.05) is 13.2 Å². The van der Waals surface area contributed by atoms with Crippen LogP contribution < -0.4 is 0 Å². The average Bonchev–Trinajstić information content (AvgIpc) is 2.53. The Morgan fingerprint density at radius 3 is 2.24 bits per heavy atom. The highest BCUT2D eigenvalue weighted by molar-refractivity contribution is 5.76. The Kier molecular flexibility index (Phi) is 5.98. The number of esters is 1. The largest absolute Gasteiger partial charge is 0.464 e. The van der Waals surface area contributed by atoms with E-state index in [1.54, 1.807) is 6.92 Å². The van der Waals surface area contributed by atoms with Gasteiger partial charge in [-0.05, 0) is 24.5 Å². The Morgan fingerprint density at radius 2 is 1.62 bits per heavy atom. The summed E-state index contributed by atoms with van der Waals surface area (Å²) >= 11 is 0. The van der Waals surface area contributed by atoms with Crippen LogP contribution in [0, 0.1) is 0 Å². The zero-order chi connectivity index (χ0) is 14.9. The van der Waals surface area contributed by atoms with Crippen molar-refractivity contribution in [3.05, 3.63) is 71.8 Å². The standard InChI is InChI=1S/C18H20O3/c1-2-20-18(19)17(16-11-7-4-8-12-16)21-14-13-15-9-5-3-6-10-15/h3-12,17H,2,13-14H2,1H3. The van der Waals surface area contributed by atoms with Gasteiger partial charge in [0.15, 0.2) is 6.10 Å². The van der Waals surface area contributed by atoms with Gasteiger partial charge in [-0.2, -0.15) is 0 Å². The normalized spacial score (nSPS) is 11.9. The van der Waals surface area contributed by atoms with Gasteiger partial charge in [-0.1, -0.05) is 60.7 Å². The molecule has 1 unspecified atom stereocenters. The van der Waals surface area contributed by atoms with Gasteiger partial charge in [-0.25, -0.2) is 4.79 Å². The number of rotatable bonds is 7. The van der Waals surface area contributed by atoms with Gasteiger partial charge in [0.25, 0.3) is 0 Å². The third-order valence-electron chi connectivity index (χ3n) is 3.12. The van der Waals surface area contributed by atoms with Crippen LogP contribution in [0.1, 0.15) is 24.2 Å². The first-order valence-electron chi connectivity index (χ1n) is 7.18. The molecule has 1 atom stereocenters. The van der Waals surface area contributed by atoms with Crippen LogP contribution in [0.25, 0.3) is 0 Å². The van der Waals surface area contributed by atoms with Crippen LogP contribution in [0.4, 0.5) is 0 Å². The number of carbonyl (C=O) groups is 1. The Morgan fingerprint density at radius 1 is 1.00 bits per heavy atom. The molecule has 0 saturated carbocycles. The van der Waals surface area contributed by atoms with Crippen molar-refractivity contribution in [3.8, 4) is 0 Å². The topological polar surface area (TPSA) is 35.5 Å². The number of hydrogen-bond donors (Lipinski definition) is 0.